The molecule has 3 heterocycles. The fraction of sp³-hybridized carbons (Fsp3) is 0.348. The Labute approximate surface area is 170 Å². The quantitative estimate of drug-likeness (QED) is 0.662. The SMILES string of the molecule is CC1CN(C(=O)CCCc2cccc3ncccc23)CCN1c1ccc(F)cn1. The van der Waals surface area contributed by atoms with Crippen molar-refractivity contribution < 1.29 is 9.18 Å². The minimum atomic E-state index is -0.336. The van der Waals surface area contributed by atoms with Crippen LogP contribution in [-0.2, 0) is 11.2 Å². The van der Waals surface area contributed by atoms with Crippen molar-refractivity contribution in [2.75, 3.05) is 24.5 Å². The van der Waals surface area contributed by atoms with E-state index in [0.717, 1.165) is 29.6 Å². The number of pyridine rings is 2. The summed E-state index contributed by atoms with van der Waals surface area (Å²) < 4.78 is 13.1. The first-order valence-electron chi connectivity index (χ1n) is 10.1. The van der Waals surface area contributed by atoms with Crippen molar-refractivity contribution in [2.24, 2.45) is 0 Å². The van der Waals surface area contributed by atoms with Crippen molar-refractivity contribution in [3.05, 3.63) is 66.2 Å². The summed E-state index contributed by atoms with van der Waals surface area (Å²) in [6.45, 7) is 4.12. The van der Waals surface area contributed by atoms with Crippen LogP contribution in [0.5, 0.6) is 0 Å². The fourth-order valence-corrected chi connectivity index (χ4v) is 4.04. The molecule has 1 fully saturated rings. The number of rotatable bonds is 5. The van der Waals surface area contributed by atoms with Crippen molar-refractivity contribution in [1.82, 2.24) is 14.9 Å². The van der Waals surface area contributed by atoms with Crippen LogP contribution in [0.3, 0.4) is 0 Å². The molecule has 0 bridgehead atoms. The average molecular weight is 392 g/mol. The Morgan fingerprint density at radius 3 is 2.83 bits per heavy atom. The van der Waals surface area contributed by atoms with E-state index < -0.39 is 0 Å². The highest BCUT2D eigenvalue weighted by Gasteiger charge is 2.27. The third-order valence-corrected chi connectivity index (χ3v) is 5.56. The number of carbonyl (C=O) groups excluding carboxylic acids is 1. The van der Waals surface area contributed by atoms with Crippen LogP contribution in [0.25, 0.3) is 10.9 Å². The van der Waals surface area contributed by atoms with Crippen LogP contribution in [0.2, 0.25) is 0 Å². The van der Waals surface area contributed by atoms with Crippen LogP contribution in [0, 0.1) is 5.82 Å². The van der Waals surface area contributed by atoms with E-state index >= 15 is 0 Å². The Hall–Kier alpha value is -3.02. The molecular formula is C23H25FN4O. The van der Waals surface area contributed by atoms with Gasteiger partial charge in [-0.2, -0.15) is 0 Å². The van der Waals surface area contributed by atoms with Gasteiger partial charge in [-0.3, -0.25) is 9.78 Å². The maximum atomic E-state index is 13.1. The number of amides is 1. The zero-order valence-electron chi connectivity index (χ0n) is 16.6. The van der Waals surface area contributed by atoms with E-state index in [1.807, 2.05) is 23.1 Å². The number of halogens is 1. The molecule has 6 heteroatoms. The lowest BCUT2D eigenvalue weighted by molar-refractivity contribution is -0.132. The first-order valence-corrected chi connectivity index (χ1v) is 10.1. The average Bonchev–Trinajstić information content (AvgIpc) is 2.74. The molecule has 1 saturated heterocycles. The minimum Gasteiger partial charge on any atom is -0.350 e. The van der Waals surface area contributed by atoms with Crippen LogP contribution in [-0.4, -0.2) is 46.5 Å². The van der Waals surface area contributed by atoms with Crippen molar-refractivity contribution in [2.45, 2.75) is 32.2 Å². The van der Waals surface area contributed by atoms with Crippen LogP contribution >= 0.6 is 0 Å². The molecule has 0 saturated carbocycles. The second-order valence-electron chi connectivity index (χ2n) is 7.56. The van der Waals surface area contributed by atoms with Crippen molar-refractivity contribution in [3.63, 3.8) is 0 Å². The Morgan fingerprint density at radius 2 is 2.03 bits per heavy atom. The van der Waals surface area contributed by atoms with Crippen LogP contribution in [0.15, 0.2) is 54.9 Å². The fourth-order valence-electron chi connectivity index (χ4n) is 4.04. The Bertz CT molecular complexity index is 986. The van der Waals surface area contributed by atoms with Gasteiger partial charge in [0.1, 0.15) is 11.6 Å². The van der Waals surface area contributed by atoms with Gasteiger partial charge in [0.15, 0.2) is 0 Å². The second-order valence-corrected chi connectivity index (χ2v) is 7.56. The number of hydrogen-bond donors (Lipinski definition) is 0. The van der Waals surface area contributed by atoms with Crippen molar-refractivity contribution in [1.29, 1.82) is 0 Å². The molecule has 0 aliphatic carbocycles. The summed E-state index contributed by atoms with van der Waals surface area (Å²) in [6.07, 6.45) is 5.27. The number of anilines is 1. The molecule has 1 aliphatic heterocycles. The van der Waals surface area contributed by atoms with Gasteiger partial charge in [-0.25, -0.2) is 9.37 Å². The molecule has 1 amide bonds. The van der Waals surface area contributed by atoms with Gasteiger partial charge < -0.3 is 9.80 Å². The number of nitrogens with zero attached hydrogens (tertiary/aromatic N) is 4. The summed E-state index contributed by atoms with van der Waals surface area (Å²) in [7, 11) is 0. The summed E-state index contributed by atoms with van der Waals surface area (Å²) in [6, 6.07) is 13.5. The highest BCUT2D eigenvalue weighted by molar-refractivity contribution is 5.82. The minimum absolute atomic E-state index is 0.148. The number of carbonyl (C=O) groups is 1. The molecule has 0 spiro atoms. The Kier molecular flexibility index (Phi) is 5.69. The zero-order valence-corrected chi connectivity index (χ0v) is 16.6. The van der Waals surface area contributed by atoms with Crippen molar-refractivity contribution >= 4 is 22.6 Å². The van der Waals surface area contributed by atoms with Crippen LogP contribution in [0.4, 0.5) is 10.2 Å². The highest BCUT2D eigenvalue weighted by atomic mass is 19.1. The summed E-state index contributed by atoms with van der Waals surface area (Å²) in [5, 5.41) is 1.16. The third kappa shape index (κ3) is 4.36. The monoisotopic (exact) mass is 392 g/mol. The number of aryl methyl sites for hydroxylation is 1. The summed E-state index contributed by atoms with van der Waals surface area (Å²) >= 11 is 0. The normalized spacial score (nSPS) is 17.0. The predicted octanol–water partition coefficient (Wildman–Crippen LogP) is 3.83. The first-order chi connectivity index (χ1) is 14.1. The molecule has 3 aromatic rings. The molecule has 4 rings (SSSR count). The molecule has 0 radical (unpaired) electrons. The molecule has 29 heavy (non-hydrogen) atoms. The smallest absolute Gasteiger partial charge is 0.222 e. The summed E-state index contributed by atoms with van der Waals surface area (Å²) in [5.74, 6) is 0.620. The largest absolute Gasteiger partial charge is 0.350 e. The van der Waals surface area contributed by atoms with Gasteiger partial charge in [-0.05, 0) is 49.6 Å². The lowest BCUT2D eigenvalue weighted by atomic mass is 10.0. The first kappa shape index (κ1) is 19.3. The predicted molar refractivity (Wildman–Crippen MR) is 112 cm³/mol. The van der Waals surface area contributed by atoms with E-state index in [0.29, 0.717) is 26.1 Å². The lowest BCUT2D eigenvalue weighted by Gasteiger charge is -2.40. The van der Waals surface area contributed by atoms with Gasteiger partial charge in [0, 0.05) is 43.7 Å². The molecule has 0 N–H and O–H groups in total. The maximum Gasteiger partial charge on any atom is 0.222 e. The molecule has 1 aromatic carbocycles. The van der Waals surface area contributed by atoms with Crippen LogP contribution < -0.4 is 4.90 Å². The molecule has 1 unspecified atom stereocenters. The van der Waals surface area contributed by atoms with E-state index in [9.17, 15) is 9.18 Å². The molecule has 1 atom stereocenters. The van der Waals surface area contributed by atoms with Gasteiger partial charge in [0.25, 0.3) is 0 Å². The lowest BCUT2D eigenvalue weighted by Crippen LogP contribution is -2.54. The number of aromatic nitrogens is 2. The maximum absolute atomic E-state index is 13.1. The van der Waals surface area contributed by atoms with E-state index in [4.69, 9.17) is 0 Å². The third-order valence-electron chi connectivity index (χ3n) is 5.56. The molecule has 150 valence electrons. The van der Waals surface area contributed by atoms with Crippen LogP contribution in [0.1, 0.15) is 25.3 Å². The van der Waals surface area contributed by atoms with Gasteiger partial charge in [-0.15, -0.1) is 0 Å². The van der Waals surface area contributed by atoms with Gasteiger partial charge >= 0.3 is 0 Å². The topological polar surface area (TPSA) is 49.3 Å². The number of fused-ring (bicyclic) bond motifs is 1. The standard InChI is InChI=1S/C23H25FN4O/c1-17-16-27(13-14-28(17)22-11-10-19(24)15-26-22)23(29)9-3-6-18-5-2-8-21-20(18)7-4-12-25-21/h2,4-5,7-8,10-12,15,17H,3,6,9,13-14,16H2,1H3. The summed E-state index contributed by atoms with van der Waals surface area (Å²) in [5.41, 5.74) is 2.24. The van der Waals surface area contributed by atoms with Crippen molar-refractivity contribution in [3.8, 4) is 0 Å². The molecule has 2 aromatic heterocycles. The molecule has 5 nitrogen and oxygen atoms in total. The van der Waals surface area contributed by atoms with E-state index in [1.54, 1.807) is 12.3 Å². The van der Waals surface area contributed by atoms with Gasteiger partial charge in [0.05, 0.1) is 11.7 Å². The molecule has 1 aliphatic rings. The van der Waals surface area contributed by atoms with E-state index in [-0.39, 0.29) is 17.8 Å². The Balaban J connectivity index is 1.31. The Morgan fingerprint density at radius 1 is 1.14 bits per heavy atom. The van der Waals surface area contributed by atoms with E-state index in [1.165, 1.54) is 17.8 Å². The number of hydrogen-bond acceptors (Lipinski definition) is 4. The highest BCUT2D eigenvalue weighted by Crippen LogP contribution is 2.21. The summed E-state index contributed by atoms with van der Waals surface area (Å²) in [4.78, 5) is 25.4. The molecular weight excluding hydrogens is 367 g/mol. The number of piperazine rings is 1. The number of benzene rings is 1. The van der Waals surface area contributed by atoms with Gasteiger partial charge in [-0.1, -0.05) is 18.2 Å². The van der Waals surface area contributed by atoms with Gasteiger partial charge in [0.2, 0.25) is 5.91 Å². The zero-order chi connectivity index (χ0) is 20.2. The second kappa shape index (κ2) is 8.55. The van der Waals surface area contributed by atoms with E-state index in [2.05, 4.69) is 33.9 Å².